The van der Waals surface area contributed by atoms with Gasteiger partial charge in [-0.15, -0.1) is 5.10 Å². The second kappa shape index (κ2) is 5.10. The van der Waals surface area contributed by atoms with Crippen LogP contribution in [-0.2, 0) is 4.74 Å². The van der Waals surface area contributed by atoms with E-state index in [4.69, 9.17) is 4.74 Å². The average molecular weight is 344 g/mol. The van der Waals surface area contributed by atoms with Gasteiger partial charge in [0.15, 0.2) is 6.23 Å². The van der Waals surface area contributed by atoms with Crippen LogP contribution in [0.2, 0.25) is 0 Å². The molecule has 1 saturated heterocycles. The van der Waals surface area contributed by atoms with E-state index in [1.807, 2.05) is 0 Å². The molecule has 1 atom stereocenters. The van der Waals surface area contributed by atoms with Crippen LogP contribution in [0.3, 0.4) is 0 Å². The van der Waals surface area contributed by atoms with Crippen LogP contribution in [0.4, 0.5) is 10.1 Å². The van der Waals surface area contributed by atoms with Crippen molar-refractivity contribution in [1.29, 1.82) is 0 Å². The number of halogens is 2. The molecule has 0 amide bonds. The highest BCUT2D eigenvalue weighted by atomic mass is 79.9. The van der Waals surface area contributed by atoms with Crippen molar-refractivity contribution in [2.24, 2.45) is 0 Å². The number of nitro benzene ring substituents is 1. The molecule has 3 rings (SSSR count). The van der Waals surface area contributed by atoms with E-state index in [0.717, 1.165) is 19.3 Å². The summed E-state index contributed by atoms with van der Waals surface area (Å²) in [6, 6.07) is 2.55. The van der Waals surface area contributed by atoms with Crippen LogP contribution in [-0.4, -0.2) is 21.3 Å². The minimum absolute atomic E-state index is 0.125. The molecule has 0 saturated carbocycles. The summed E-state index contributed by atoms with van der Waals surface area (Å²) in [4.78, 5) is 10.3. The number of fused-ring (bicyclic) bond motifs is 1. The maximum atomic E-state index is 14.0. The van der Waals surface area contributed by atoms with E-state index in [-0.39, 0.29) is 17.3 Å². The fourth-order valence-corrected chi connectivity index (χ4v) is 3.03. The number of hydrogen-bond donors (Lipinski definition) is 0. The molecule has 0 N–H and O–H groups in total. The predicted molar refractivity (Wildman–Crippen MR) is 72.9 cm³/mol. The summed E-state index contributed by atoms with van der Waals surface area (Å²) in [5.74, 6) is -0.724. The van der Waals surface area contributed by atoms with Gasteiger partial charge in [0.2, 0.25) is 5.95 Å². The van der Waals surface area contributed by atoms with Crippen molar-refractivity contribution in [2.75, 3.05) is 6.61 Å². The Kier molecular flexibility index (Phi) is 3.43. The fraction of sp³-hybridized carbons (Fsp3) is 0.417. The van der Waals surface area contributed by atoms with Crippen LogP contribution in [0.25, 0.3) is 10.9 Å². The molecule has 1 fully saturated rings. The first-order valence-electron chi connectivity index (χ1n) is 6.21. The Balaban J connectivity index is 2.17. The molecule has 0 bridgehead atoms. The van der Waals surface area contributed by atoms with Gasteiger partial charge < -0.3 is 4.74 Å². The quantitative estimate of drug-likeness (QED) is 0.617. The van der Waals surface area contributed by atoms with Crippen LogP contribution in [0.5, 0.6) is 0 Å². The number of ether oxygens (including phenoxy) is 1. The first kappa shape index (κ1) is 13.4. The zero-order valence-corrected chi connectivity index (χ0v) is 12.0. The Bertz CT molecular complexity index is 682. The van der Waals surface area contributed by atoms with Gasteiger partial charge in [-0.05, 0) is 35.2 Å². The molecule has 20 heavy (non-hydrogen) atoms. The lowest BCUT2D eigenvalue weighted by Gasteiger charge is -2.23. The van der Waals surface area contributed by atoms with Gasteiger partial charge in [-0.3, -0.25) is 10.1 Å². The number of benzene rings is 1. The van der Waals surface area contributed by atoms with Gasteiger partial charge >= 0.3 is 0 Å². The molecule has 0 radical (unpaired) electrons. The van der Waals surface area contributed by atoms with Gasteiger partial charge in [0.1, 0.15) is 0 Å². The Morgan fingerprint density at radius 1 is 1.50 bits per heavy atom. The number of nitro groups is 1. The zero-order chi connectivity index (χ0) is 14.3. The van der Waals surface area contributed by atoms with Gasteiger partial charge in [-0.1, -0.05) is 0 Å². The van der Waals surface area contributed by atoms with Crippen molar-refractivity contribution >= 4 is 32.5 Å². The highest BCUT2D eigenvalue weighted by molar-refractivity contribution is 9.10. The third-order valence-corrected chi connectivity index (χ3v) is 3.94. The Morgan fingerprint density at radius 3 is 2.95 bits per heavy atom. The highest BCUT2D eigenvalue weighted by Crippen LogP contribution is 2.34. The van der Waals surface area contributed by atoms with Gasteiger partial charge in [0.25, 0.3) is 5.69 Å². The first-order chi connectivity index (χ1) is 9.58. The molecule has 0 aliphatic carbocycles. The van der Waals surface area contributed by atoms with Crippen molar-refractivity contribution in [3.8, 4) is 0 Å². The van der Waals surface area contributed by atoms with Gasteiger partial charge in [0, 0.05) is 18.7 Å². The zero-order valence-electron chi connectivity index (χ0n) is 10.4. The fourth-order valence-electron chi connectivity index (χ4n) is 2.40. The van der Waals surface area contributed by atoms with Crippen molar-refractivity contribution in [2.45, 2.75) is 25.5 Å². The minimum Gasteiger partial charge on any atom is -0.356 e. The summed E-state index contributed by atoms with van der Waals surface area (Å²) >= 11 is 3.26. The second-order valence-electron chi connectivity index (χ2n) is 4.64. The smallest absolute Gasteiger partial charge is 0.271 e. The molecule has 2 aromatic rings. The van der Waals surface area contributed by atoms with Crippen LogP contribution in [0.15, 0.2) is 16.6 Å². The molecule has 6 nitrogen and oxygen atoms in total. The van der Waals surface area contributed by atoms with Gasteiger partial charge in [-0.2, -0.15) is 4.39 Å². The lowest BCUT2D eigenvalue weighted by Crippen LogP contribution is -2.19. The second-order valence-corrected chi connectivity index (χ2v) is 5.49. The number of rotatable bonds is 2. The maximum Gasteiger partial charge on any atom is 0.271 e. The molecule has 2 heterocycles. The lowest BCUT2D eigenvalue weighted by atomic mass is 10.2. The molecule has 1 aromatic carbocycles. The summed E-state index contributed by atoms with van der Waals surface area (Å²) in [6.45, 7) is 0.609. The molecule has 0 spiro atoms. The van der Waals surface area contributed by atoms with Crippen LogP contribution >= 0.6 is 15.9 Å². The predicted octanol–water partition coefficient (Wildman–Crippen LogP) is 3.55. The third kappa shape index (κ3) is 2.18. The molecule has 8 heteroatoms. The topological polar surface area (TPSA) is 70.2 Å². The first-order valence-corrected chi connectivity index (χ1v) is 7.00. The summed E-state index contributed by atoms with van der Waals surface area (Å²) in [7, 11) is 0. The number of hydrogen-bond acceptors (Lipinski definition) is 4. The minimum atomic E-state index is -0.724. The molecule has 1 aliphatic rings. The molecule has 106 valence electrons. The van der Waals surface area contributed by atoms with Crippen molar-refractivity contribution in [3.63, 3.8) is 0 Å². The van der Waals surface area contributed by atoms with E-state index in [1.165, 1.54) is 16.8 Å². The number of non-ortho nitro benzene ring substituents is 1. The summed E-state index contributed by atoms with van der Waals surface area (Å²) in [5.41, 5.74) is 0.312. The molecular weight excluding hydrogens is 333 g/mol. The molecular formula is C12H11BrFN3O3. The maximum absolute atomic E-state index is 14.0. The summed E-state index contributed by atoms with van der Waals surface area (Å²) in [5, 5.41) is 14.8. The Labute approximate surface area is 121 Å². The monoisotopic (exact) mass is 343 g/mol. The van der Waals surface area contributed by atoms with Crippen LogP contribution < -0.4 is 0 Å². The van der Waals surface area contributed by atoms with E-state index in [0.29, 0.717) is 16.6 Å². The number of nitrogens with zero attached hydrogens (tertiary/aromatic N) is 3. The lowest BCUT2D eigenvalue weighted by molar-refractivity contribution is -0.384. The van der Waals surface area contributed by atoms with Crippen LogP contribution in [0, 0.1) is 16.1 Å². The Hall–Kier alpha value is -1.54. The van der Waals surface area contributed by atoms with Crippen LogP contribution in [0.1, 0.15) is 25.5 Å². The number of aromatic nitrogens is 2. The van der Waals surface area contributed by atoms with Gasteiger partial charge in [0.05, 0.1) is 20.3 Å². The van der Waals surface area contributed by atoms with E-state index >= 15 is 0 Å². The van der Waals surface area contributed by atoms with Crippen molar-refractivity contribution in [3.05, 3.63) is 32.7 Å². The van der Waals surface area contributed by atoms with Gasteiger partial charge in [-0.25, -0.2) is 4.68 Å². The van der Waals surface area contributed by atoms with Crippen molar-refractivity contribution < 1.29 is 14.1 Å². The molecule has 1 unspecified atom stereocenters. The highest BCUT2D eigenvalue weighted by Gasteiger charge is 2.24. The standard InChI is InChI=1S/C12H11BrFN3O3/c13-9-6-7(17(18)19)5-8-11(9)16(15-12(8)14)10-3-1-2-4-20-10/h5-6,10H,1-4H2. The van der Waals surface area contributed by atoms with E-state index in [2.05, 4.69) is 21.0 Å². The van der Waals surface area contributed by atoms with Crippen molar-refractivity contribution in [1.82, 2.24) is 9.78 Å². The third-order valence-electron chi connectivity index (χ3n) is 3.33. The van der Waals surface area contributed by atoms with E-state index in [1.54, 1.807) is 0 Å². The largest absolute Gasteiger partial charge is 0.356 e. The van der Waals surface area contributed by atoms with E-state index < -0.39 is 10.9 Å². The van der Waals surface area contributed by atoms with E-state index in [9.17, 15) is 14.5 Å². The SMILES string of the molecule is O=[N+]([O-])c1cc(Br)c2c(c1)c(F)nn2C1CCCCO1. The summed E-state index contributed by atoms with van der Waals surface area (Å²) in [6.07, 6.45) is 2.39. The average Bonchev–Trinajstić information content (AvgIpc) is 2.78. The summed E-state index contributed by atoms with van der Waals surface area (Å²) < 4.78 is 21.5. The molecule has 1 aliphatic heterocycles. The Morgan fingerprint density at radius 2 is 2.30 bits per heavy atom. The molecule has 1 aromatic heterocycles. The normalized spacial score (nSPS) is 19.4.